The summed E-state index contributed by atoms with van der Waals surface area (Å²) in [5.74, 6) is -2.20. The molecule has 0 spiro atoms. The molecule has 1 amide bonds. The van der Waals surface area contributed by atoms with Gasteiger partial charge >= 0.3 is 5.97 Å². The summed E-state index contributed by atoms with van der Waals surface area (Å²) in [4.78, 5) is 37.7. The maximum atomic E-state index is 12.8. The fourth-order valence-electron chi connectivity index (χ4n) is 2.70. The smallest absolute Gasteiger partial charge is 0.311 e. The summed E-state index contributed by atoms with van der Waals surface area (Å²) in [6.45, 7) is -0.201. The molecule has 0 bridgehead atoms. The Balaban J connectivity index is 1.56. The van der Waals surface area contributed by atoms with Gasteiger partial charge in [-0.25, -0.2) is 4.39 Å². The number of para-hydroxylation sites is 1. The number of hydrogen-bond donors (Lipinski definition) is 0. The quantitative estimate of drug-likeness (QED) is 0.619. The highest BCUT2D eigenvalue weighted by atomic mass is 19.1. The van der Waals surface area contributed by atoms with Crippen molar-refractivity contribution in [3.8, 4) is 0 Å². The predicted molar refractivity (Wildman–Crippen MR) is 88.6 cm³/mol. The fourth-order valence-corrected chi connectivity index (χ4v) is 2.70. The number of Topliss-reactive ketones (excluding diaryl/α,β-unsaturated/α-hetero) is 1. The van der Waals surface area contributed by atoms with Crippen LogP contribution in [0.25, 0.3) is 0 Å². The Morgan fingerprint density at radius 1 is 1.08 bits per heavy atom. The highest BCUT2D eigenvalue weighted by molar-refractivity contribution is 6.00. The Kier molecular flexibility index (Phi) is 4.88. The van der Waals surface area contributed by atoms with Crippen molar-refractivity contribution in [3.05, 3.63) is 66.0 Å². The van der Waals surface area contributed by atoms with Crippen LogP contribution in [0.2, 0.25) is 0 Å². The van der Waals surface area contributed by atoms with Gasteiger partial charge in [0.1, 0.15) is 5.82 Å². The van der Waals surface area contributed by atoms with Crippen molar-refractivity contribution in [3.63, 3.8) is 0 Å². The molecular formula is C19H16FNO4. The van der Waals surface area contributed by atoms with Crippen LogP contribution in [-0.4, -0.2) is 30.8 Å². The van der Waals surface area contributed by atoms with Gasteiger partial charge in [0, 0.05) is 24.2 Å². The summed E-state index contributed by atoms with van der Waals surface area (Å²) < 4.78 is 17.9. The first-order valence-electron chi connectivity index (χ1n) is 7.85. The van der Waals surface area contributed by atoms with Gasteiger partial charge < -0.3 is 9.64 Å². The summed E-state index contributed by atoms with van der Waals surface area (Å²) >= 11 is 0. The first-order chi connectivity index (χ1) is 12.0. The number of carbonyl (C=O) groups excluding carboxylic acids is 3. The lowest BCUT2D eigenvalue weighted by Gasteiger charge is -2.16. The number of hydrogen-bond acceptors (Lipinski definition) is 4. The summed E-state index contributed by atoms with van der Waals surface area (Å²) in [5.41, 5.74) is 0.993. The molecule has 1 atom stereocenters. The monoisotopic (exact) mass is 341 g/mol. The molecule has 25 heavy (non-hydrogen) atoms. The van der Waals surface area contributed by atoms with Gasteiger partial charge in [0.05, 0.1) is 5.92 Å². The van der Waals surface area contributed by atoms with E-state index < -0.39 is 30.1 Å². The van der Waals surface area contributed by atoms with Gasteiger partial charge in [-0.1, -0.05) is 18.2 Å². The lowest BCUT2D eigenvalue weighted by Crippen LogP contribution is -2.27. The zero-order chi connectivity index (χ0) is 17.8. The van der Waals surface area contributed by atoms with E-state index >= 15 is 0 Å². The molecule has 0 aliphatic carbocycles. The lowest BCUT2D eigenvalue weighted by atomic mass is 10.1. The topological polar surface area (TPSA) is 63.7 Å². The zero-order valence-corrected chi connectivity index (χ0v) is 13.4. The molecule has 6 heteroatoms. The molecule has 1 aliphatic heterocycles. The largest absolute Gasteiger partial charge is 0.457 e. The molecule has 0 radical (unpaired) electrons. The van der Waals surface area contributed by atoms with Crippen LogP contribution in [0.5, 0.6) is 0 Å². The number of ether oxygens (including phenoxy) is 1. The van der Waals surface area contributed by atoms with E-state index in [2.05, 4.69) is 0 Å². The van der Waals surface area contributed by atoms with Crippen molar-refractivity contribution >= 4 is 23.3 Å². The maximum absolute atomic E-state index is 12.8. The van der Waals surface area contributed by atoms with Gasteiger partial charge in [-0.05, 0) is 36.4 Å². The molecule has 5 nitrogen and oxygen atoms in total. The van der Waals surface area contributed by atoms with Crippen LogP contribution in [0, 0.1) is 11.7 Å². The number of nitrogens with zero attached hydrogens (tertiary/aromatic N) is 1. The van der Waals surface area contributed by atoms with Crippen molar-refractivity contribution in [1.29, 1.82) is 0 Å². The average molecular weight is 341 g/mol. The Bertz CT molecular complexity index is 789. The molecule has 1 saturated heterocycles. The summed E-state index contributed by atoms with van der Waals surface area (Å²) in [7, 11) is 0. The molecule has 1 aliphatic rings. The van der Waals surface area contributed by atoms with Gasteiger partial charge in [-0.15, -0.1) is 0 Å². The average Bonchev–Trinajstić information content (AvgIpc) is 3.02. The second-order valence-corrected chi connectivity index (χ2v) is 5.78. The van der Waals surface area contributed by atoms with Gasteiger partial charge in [-0.3, -0.25) is 14.4 Å². The molecular weight excluding hydrogens is 325 g/mol. The van der Waals surface area contributed by atoms with E-state index in [0.29, 0.717) is 0 Å². The molecule has 0 aromatic heterocycles. The van der Waals surface area contributed by atoms with Crippen LogP contribution in [0.15, 0.2) is 54.6 Å². The van der Waals surface area contributed by atoms with E-state index in [1.54, 1.807) is 12.1 Å². The Hall–Kier alpha value is -3.02. The highest BCUT2D eigenvalue weighted by Gasteiger charge is 2.36. The van der Waals surface area contributed by atoms with Crippen molar-refractivity contribution in [2.75, 3.05) is 18.1 Å². The van der Waals surface area contributed by atoms with Crippen LogP contribution in [0.1, 0.15) is 16.8 Å². The first-order valence-corrected chi connectivity index (χ1v) is 7.85. The summed E-state index contributed by atoms with van der Waals surface area (Å²) in [6.07, 6.45) is 0.0540. The SMILES string of the molecule is O=C(COC(=O)[C@@H]1CC(=O)N(c2ccccc2)C1)c1ccc(F)cc1. The van der Waals surface area contributed by atoms with Gasteiger partial charge in [-0.2, -0.15) is 0 Å². The Labute approximate surface area is 144 Å². The number of carbonyl (C=O) groups is 3. The molecule has 1 heterocycles. The molecule has 0 saturated carbocycles. The number of ketones is 1. The van der Waals surface area contributed by atoms with Crippen LogP contribution in [0.3, 0.4) is 0 Å². The molecule has 0 N–H and O–H groups in total. The van der Waals surface area contributed by atoms with Crippen molar-refractivity contribution in [2.24, 2.45) is 5.92 Å². The van der Waals surface area contributed by atoms with E-state index in [9.17, 15) is 18.8 Å². The molecule has 2 aromatic rings. The maximum Gasteiger partial charge on any atom is 0.311 e. The van der Waals surface area contributed by atoms with Crippen LogP contribution >= 0.6 is 0 Å². The zero-order valence-electron chi connectivity index (χ0n) is 13.4. The number of halogens is 1. The van der Waals surface area contributed by atoms with Crippen molar-refractivity contribution < 1.29 is 23.5 Å². The minimum absolute atomic E-state index is 0.0540. The number of benzene rings is 2. The molecule has 128 valence electrons. The number of amides is 1. The third-order valence-electron chi connectivity index (χ3n) is 4.04. The number of anilines is 1. The van der Waals surface area contributed by atoms with E-state index in [1.165, 1.54) is 29.2 Å². The summed E-state index contributed by atoms with van der Waals surface area (Å²) in [6, 6.07) is 14.1. The second kappa shape index (κ2) is 7.25. The van der Waals surface area contributed by atoms with Crippen molar-refractivity contribution in [1.82, 2.24) is 0 Å². The van der Waals surface area contributed by atoms with Gasteiger partial charge in [0.25, 0.3) is 0 Å². The van der Waals surface area contributed by atoms with Crippen LogP contribution < -0.4 is 4.90 Å². The minimum atomic E-state index is -0.603. The van der Waals surface area contributed by atoms with Crippen LogP contribution in [-0.2, 0) is 14.3 Å². The minimum Gasteiger partial charge on any atom is -0.457 e. The third-order valence-corrected chi connectivity index (χ3v) is 4.04. The highest BCUT2D eigenvalue weighted by Crippen LogP contribution is 2.25. The molecule has 1 fully saturated rings. The summed E-state index contributed by atoms with van der Waals surface area (Å²) in [5, 5.41) is 0. The van der Waals surface area contributed by atoms with E-state index in [4.69, 9.17) is 4.74 Å². The molecule has 0 unspecified atom stereocenters. The van der Waals surface area contributed by atoms with Gasteiger partial charge in [0.15, 0.2) is 12.4 Å². The third kappa shape index (κ3) is 3.91. The number of esters is 1. The Morgan fingerprint density at radius 3 is 2.44 bits per heavy atom. The standard InChI is InChI=1S/C19H16FNO4/c20-15-8-6-13(7-9-15)17(22)12-25-19(24)14-10-18(23)21(11-14)16-4-2-1-3-5-16/h1-9,14H,10-12H2/t14-/m1/s1. The lowest BCUT2D eigenvalue weighted by molar-refractivity contribution is -0.147. The predicted octanol–water partition coefficient (Wildman–Crippen LogP) is 2.60. The van der Waals surface area contributed by atoms with E-state index in [0.717, 1.165) is 5.69 Å². The van der Waals surface area contributed by atoms with Crippen molar-refractivity contribution in [2.45, 2.75) is 6.42 Å². The fraction of sp³-hybridized carbons (Fsp3) is 0.211. The van der Waals surface area contributed by atoms with Crippen LogP contribution in [0.4, 0.5) is 10.1 Å². The Morgan fingerprint density at radius 2 is 1.76 bits per heavy atom. The second-order valence-electron chi connectivity index (χ2n) is 5.78. The van der Waals surface area contributed by atoms with Gasteiger partial charge in [0.2, 0.25) is 5.91 Å². The van der Waals surface area contributed by atoms with E-state index in [-0.39, 0.29) is 24.4 Å². The molecule has 2 aromatic carbocycles. The number of rotatable bonds is 5. The molecule has 3 rings (SSSR count). The first kappa shape index (κ1) is 16.8. The normalized spacial score (nSPS) is 16.8. The van der Waals surface area contributed by atoms with E-state index in [1.807, 2.05) is 18.2 Å².